The predicted octanol–water partition coefficient (Wildman–Crippen LogP) is 2.22. The normalized spacial score (nSPS) is 8.55. The van der Waals surface area contributed by atoms with Crippen molar-refractivity contribution >= 4 is 5.78 Å². The molecule has 2 nitrogen and oxygen atoms in total. The third kappa shape index (κ3) is 3.57. The first-order valence-corrected chi connectivity index (χ1v) is 3.63. The van der Waals surface area contributed by atoms with Crippen molar-refractivity contribution in [2.75, 3.05) is 0 Å². The van der Waals surface area contributed by atoms with Crippen LogP contribution in [-0.2, 0) is 4.79 Å². The van der Waals surface area contributed by atoms with E-state index in [2.05, 4.69) is 0 Å². The van der Waals surface area contributed by atoms with Gasteiger partial charge in [-0.15, -0.1) is 0 Å². The molecule has 0 aliphatic carbocycles. The zero-order chi connectivity index (χ0) is 8.85. The van der Waals surface area contributed by atoms with Gasteiger partial charge >= 0.3 is 0 Å². The molecule has 0 aromatic rings. The Kier molecular flexibility index (Phi) is 4.21. The van der Waals surface area contributed by atoms with E-state index in [9.17, 15) is 4.79 Å². The van der Waals surface area contributed by atoms with Gasteiger partial charge in [0.25, 0.3) is 0 Å². The number of nitrogens with zero attached hydrogens (tertiary/aromatic N) is 1. The van der Waals surface area contributed by atoms with Crippen molar-refractivity contribution in [1.82, 2.24) is 0 Å². The molecular formula is C9H13NO. The van der Waals surface area contributed by atoms with Gasteiger partial charge in [0.15, 0.2) is 5.78 Å². The van der Waals surface area contributed by atoms with Crippen LogP contribution in [0.1, 0.15) is 33.6 Å². The molecule has 0 heterocycles. The van der Waals surface area contributed by atoms with Crippen molar-refractivity contribution in [3.05, 3.63) is 11.1 Å². The van der Waals surface area contributed by atoms with Crippen LogP contribution in [0.2, 0.25) is 0 Å². The van der Waals surface area contributed by atoms with Crippen molar-refractivity contribution < 1.29 is 4.79 Å². The standard InChI is InChI=1S/C9H13NO/c1-7(2)9(8(3)11)5-4-6-10/h4-5H2,1-3H3. The van der Waals surface area contributed by atoms with E-state index in [1.165, 1.54) is 0 Å². The first kappa shape index (κ1) is 9.90. The summed E-state index contributed by atoms with van der Waals surface area (Å²) < 4.78 is 0. The first-order valence-electron chi connectivity index (χ1n) is 3.63. The number of Topliss-reactive ketones (excluding diaryl/α,β-unsaturated/α-hetero) is 1. The minimum Gasteiger partial charge on any atom is -0.295 e. The van der Waals surface area contributed by atoms with E-state index >= 15 is 0 Å². The number of hydrogen-bond donors (Lipinski definition) is 0. The summed E-state index contributed by atoms with van der Waals surface area (Å²) in [7, 11) is 0. The Morgan fingerprint density at radius 3 is 2.18 bits per heavy atom. The number of allylic oxidation sites excluding steroid dienone is 2. The fourth-order valence-electron chi connectivity index (χ4n) is 0.959. The smallest absolute Gasteiger partial charge is 0.155 e. The molecule has 0 spiro atoms. The summed E-state index contributed by atoms with van der Waals surface area (Å²) in [5, 5.41) is 8.29. The van der Waals surface area contributed by atoms with E-state index in [1.807, 2.05) is 19.9 Å². The Bertz CT molecular complexity index is 216. The summed E-state index contributed by atoms with van der Waals surface area (Å²) in [4.78, 5) is 10.9. The second-order valence-electron chi connectivity index (χ2n) is 2.69. The van der Waals surface area contributed by atoms with E-state index in [0.29, 0.717) is 12.8 Å². The molecule has 0 bridgehead atoms. The van der Waals surface area contributed by atoms with Gasteiger partial charge in [-0.3, -0.25) is 4.79 Å². The van der Waals surface area contributed by atoms with Gasteiger partial charge in [0.05, 0.1) is 6.07 Å². The van der Waals surface area contributed by atoms with Gasteiger partial charge in [-0.1, -0.05) is 5.57 Å². The second kappa shape index (κ2) is 4.68. The summed E-state index contributed by atoms with van der Waals surface area (Å²) >= 11 is 0. The van der Waals surface area contributed by atoms with E-state index in [0.717, 1.165) is 11.1 Å². The van der Waals surface area contributed by atoms with E-state index in [-0.39, 0.29) is 5.78 Å². The Morgan fingerprint density at radius 2 is 1.91 bits per heavy atom. The number of carbonyl (C=O) groups is 1. The Labute approximate surface area is 67.5 Å². The maximum Gasteiger partial charge on any atom is 0.155 e. The fourth-order valence-corrected chi connectivity index (χ4v) is 0.959. The average molecular weight is 151 g/mol. The van der Waals surface area contributed by atoms with Crippen LogP contribution in [0.4, 0.5) is 0 Å². The summed E-state index contributed by atoms with van der Waals surface area (Å²) in [6.07, 6.45) is 1.02. The average Bonchev–Trinajstić information content (AvgIpc) is 1.87. The number of carbonyl (C=O) groups excluding carboxylic acids is 1. The van der Waals surface area contributed by atoms with Crippen LogP contribution in [0.15, 0.2) is 11.1 Å². The van der Waals surface area contributed by atoms with E-state index < -0.39 is 0 Å². The molecule has 0 atom stereocenters. The molecule has 60 valence electrons. The molecule has 11 heavy (non-hydrogen) atoms. The first-order chi connectivity index (χ1) is 5.09. The molecule has 2 heteroatoms. The van der Waals surface area contributed by atoms with Gasteiger partial charge in [0, 0.05) is 6.42 Å². The lowest BCUT2D eigenvalue weighted by molar-refractivity contribution is -0.113. The molecule has 0 saturated heterocycles. The molecule has 0 aromatic carbocycles. The maximum atomic E-state index is 10.9. The lowest BCUT2D eigenvalue weighted by atomic mass is 10.0. The third-order valence-corrected chi connectivity index (χ3v) is 1.52. The molecule has 0 aliphatic rings. The summed E-state index contributed by atoms with van der Waals surface area (Å²) in [5.41, 5.74) is 1.82. The van der Waals surface area contributed by atoms with Crippen molar-refractivity contribution in [2.45, 2.75) is 33.6 Å². The molecule has 0 aliphatic heterocycles. The number of hydrogen-bond acceptors (Lipinski definition) is 2. The lowest BCUT2D eigenvalue weighted by Crippen LogP contribution is -1.98. The Hall–Kier alpha value is -1.10. The number of nitriles is 1. The van der Waals surface area contributed by atoms with Gasteiger partial charge in [0.1, 0.15) is 0 Å². The van der Waals surface area contributed by atoms with E-state index in [1.54, 1.807) is 6.92 Å². The highest BCUT2D eigenvalue weighted by Gasteiger charge is 2.04. The van der Waals surface area contributed by atoms with Gasteiger partial charge in [-0.05, 0) is 32.8 Å². The topological polar surface area (TPSA) is 40.9 Å². The molecule has 0 unspecified atom stereocenters. The van der Waals surface area contributed by atoms with Crippen LogP contribution < -0.4 is 0 Å². The number of ketones is 1. The molecule has 0 rings (SSSR count). The molecule has 0 aromatic heterocycles. The molecule has 0 radical (unpaired) electrons. The minimum atomic E-state index is 0.0836. The third-order valence-electron chi connectivity index (χ3n) is 1.52. The monoisotopic (exact) mass is 151 g/mol. The van der Waals surface area contributed by atoms with Crippen LogP contribution in [0.25, 0.3) is 0 Å². The van der Waals surface area contributed by atoms with Crippen LogP contribution in [-0.4, -0.2) is 5.78 Å². The Balaban J connectivity index is 4.29. The van der Waals surface area contributed by atoms with Crippen LogP contribution in [0.5, 0.6) is 0 Å². The predicted molar refractivity (Wildman–Crippen MR) is 43.9 cm³/mol. The van der Waals surface area contributed by atoms with Crippen LogP contribution >= 0.6 is 0 Å². The van der Waals surface area contributed by atoms with E-state index in [4.69, 9.17) is 5.26 Å². The molecule has 0 fully saturated rings. The summed E-state index contributed by atoms with van der Waals surface area (Å²) in [5.74, 6) is 0.0836. The minimum absolute atomic E-state index is 0.0836. The molecule has 0 N–H and O–H groups in total. The zero-order valence-electron chi connectivity index (χ0n) is 7.27. The van der Waals surface area contributed by atoms with Crippen LogP contribution in [0.3, 0.4) is 0 Å². The van der Waals surface area contributed by atoms with Crippen molar-refractivity contribution in [3.63, 3.8) is 0 Å². The quantitative estimate of drug-likeness (QED) is 0.580. The maximum absolute atomic E-state index is 10.9. The van der Waals surface area contributed by atoms with Crippen molar-refractivity contribution in [2.24, 2.45) is 0 Å². The van der Waals surface area contributed by atoms with Crippen LogP contribution in [0, 0.1) is 11.3 Å². The zero-order valence-corrected chi connectivity index (χ0v) is 7.27. The number of rotatable bonds is 3. The summed E-state index contributed by atoms with van der Waals surface area (Å²) in [6, 6.07) is 2.02. The largest absolute Gasteiger partial charge is 0.295 e. The second-order valence-corrected chi connectivity index (χ2v) is 2.69. The van der Waals surface area contributed by atoms with Crippen molar-refractivity contribution in [1.29, 1.82) is 5.26 Å². The van der Waals surface area contributed by atoms with Gasteiger partial charge < -0.3 is 0 Å². The molecule has 0 saturated carbocycles. The Morgan fingerprint density at radius 1 is 1.36 bits per heavy atom. The molecule has 0 amide bonds. The fraction of sp³-hybridized carbons (Fsp3) is 0.556. The SMILES string of the molecule is CC(=O)C(CCC#N)=C(C)C. The molecular weight excluding hydrogens is 138 g/mol. The lowest BCUT2D eigenvalue weighted by Gasteiger charge is -2.01. The van der Waals surface area contributed by atoms with Gasteiger partial charge in [0.2, 0.25) is 0 Å². The van der Waals surface area contributed by atoms with Gasteiger partial charge in [-0.2, -0.15) is 5.26 Å². The van der Waals surface area contributed by atoms with Crippen molar-refractivity contribution in [3.8, 4) is 6.07 Å². The highest BCUT2D eigenvalue weighted by molar-refractivity contribution is 5.93. The highest BCUT2D eigenvalue weighted by Crippen LogP contribution is 2.10. The summed E-state index contributed by atoms with van der Waals surface area (Å²) in [6.45, 7) is 5.34. The highest BCUT2D eigenvalue weighted by atomic mass is 16.1. The van der Waals surface area contributed by atoms with Gasteiger partial charge in [-0.25, -0.2) is 0 Å².